The van der Waals surface area contributed by atoms with Crippen LogP contribution in [0.5, 0.6) is 0 Å². The molecule has 0 aromatic carbocycles. The molecule has 1 aliphatic carbocycles. The second-order valence-electron chi connectivity index (χ2n) is 6.71. The van der Waals surface area contributed by atoms with Gasteiger partial charge >= 0.3 is 0 Å². The highest BCUT2D eigenvalue weighted by atomic mass is 35.5. The first kappa shape index (κ1) is 16.9. The molecule has 21 heavy (non-hydrogen) atoms. The van der Waals surface area contributed by atoms with Crippen molar-refractivity contribution in [2.24, 2.45) is 11.8 Å². The maximum Gasteiger partial charge on any atom is 0.0628 e. The summed E-state index contributed by atoms with van der Waals surface area (Å²) in [5.74, 6) is 1.50. The summed E-state index contributed by atoms with van der Waals surface area (Å²) in [5.41, 5.74) is 1.23. The Kier molecular flexibility index (Phi) is 6.60. The Morgan fingerprint density at radius 3 is 2.71 bits per heavy atom. The van der Waals surface area contributed by atoms with E-state index in [0.29, 0.717) is 17.3 Å². The third-order valence-corrected chi connectivity index (χ3v) is 5.72. The van der Waals surface area contributed by atoms with E-state index in [9.17, 15) is 0 Å². The summed E-state index contributed by atoms with van der Waals surface area (Å²) in [4.78, 5) is 0. The first-order valence-corrected chi connectivity index (χ1v) is 9.29. The molecule has 0 saturated heterocycles. The second kappa shape index (κ2) is 8.22. The third kappa shape index (κ3) is 4.48. The molecule has 0 bridgehead atoms. The molecule has 2 nitrogen and oxygen atoms in total. The van der Waals surface area contributed by atoms with Gasteiger partial charge in [0.05, 0.1) is 11.7 Å². The SMILES string of the molecule is CCCC1CCC(Cl)C(Cc2ccn(C(CC)CC)n2)C1. The normalized spacial score (nSPS) is 26.4. The van der Waals surface area contributed by atoms with Crippen LogP contribution in [0.25, 0.3) is 0 Å². The van der Waals surface area contributed by atoms with Gasteiger partial charge in [-0.15, -0.1) is 11.6 Å². The first-order valence-electron chi connectivity index (χ1n) is 8.85. The Balaban J connectivity index is 1.96. The van der Waals surface area contributed by atoms with Gasteiger partial charge in [0.1, 0.15) is 0 Å². The molecule has 1 heterocycles. The van der Waals surface area contributed by atoms with Gasteiger partial charge in [-0.25, -0.2) is 0 Å². The second-order valence-corrected chi connectivity index (χ2v) is 7.27. The van der Waals surface area contributed by atoms with Crippen molar-refractivity contribution in [3.05, 3.63) is 18.0 Å². The number of halogens is 1. The van der Waals surface area contributed by atoms with Crippen molar-refractivity contribution < 1.29 is 0 Å². The van der Waals surface area contributed by atoms with Crippen LogP contribution < -0.4 is 0 Å². The quantitative estimate of drug-likeness (QED) is 0.598. The molecule has 3 atom stereocenters. The molecule has 0 radical (unpaired) electrons. The van der Waals surface area contributed by atoms with Crippen molar-refractivity contribution in [3.63, 3.8) is 0 Å². The molecule has 0 aliphatic heterocycles. The van der Waals surface area contributed by atoms with Gasteiger partial charge in [-0.05, 0) is 56.4 Å². The van der Waals surface area contributed by atoms with Gasteiger partial charge in [-0.2, -0.15) is 5.10 Å². The highest BCUT2D eigenvalue weighted by Gasteiger charge is 2.29. The minimum absolute atomic E-state index is 0.344. The Bertz CT molecular complexity index is 411. The van der Waals surface area contributed by atoms with Crippen molar-refractivity contribution in [2.75, 3.05) is 0 Å². The fraction of sp³-hybridized carbons (Fsp3) is 0.833. The zero-order valence-electron chi connectivity index (χ0n) is 13.9. The van der Waals surface area contributed by atoms with Crippen LogP contribution >= 0.6 is 11.6 Å². The Morgan fingerprint density at radius 2 is 2.05 bits per heavy atom. The van der Waals surface area contributed by atoms with E-state index in [2.05, 4.69) is 37.7 Å². The molecule has 0 spiro atoms. The Labute approximate surface area is 135 Å². The van der Waals surface area contributed by atoms with Crippen LogP contribution in [-0.4, -0.2) is 15.2 Å². The summed E-state index contributed by atoms with van der Waals surface area (Å²) < 4.78 is 2.16. The van der Waals surface area contributed by atoms with Crippen LogP contribution in [0, 0.1) is 11.8 Å². The van der Waals surface area contributed by atoms with E-state index < -0.39 is 0 Å². The standard InChI is InChI=1S/C18H31ClN2/c1-4-7-14-8-9-18(19)15(12-14)13-16-10-11-21(20-16)17(5-2)6-3/h10-11,14-15,17-18H,4-9,12-13H2,1-3H3. The topological polar surface area (TPSA) is 17.8 Å². The molecule has 1 aromatic rings. The van der Waals surface area contributed by atoms with Gasteiger partial charge in [0.2, 0.25) is 0 Å². The average Bonchev–Trinajstić information content (AvgIpc) is 2.93. The largest absolute Gasteiger partial charge is 0.269 e. The molecule has 1 aromatic heterocycles. The molecule has 0 amide bonds. The lowest BCUT2D eigenvalue weighted by molar-refractivity contribution is 0.255. The van der Waals surface area contributed by atoms with E-state index >= 15 is 0 Å². The number of nitrogens with zero attached hydrogens (tertiary/aromatic N) is 2. The van der Waals surface area contributed by atoms with E-state index in [0.717, 1.165) is 25.2 Å². The van der Waals surface area contributed by atoms with E-state index in [1.165, 1.54) is 37.8 Å². The van der Waals surface area contributed by atoms with Gasteiger partial charge in [0, 0.05) is 11.6 Å². The highest BCUT2D eigenvalue weighted by Crippen LogP contribution is 2.36. The van der Waals surface area contributed by atoms with Crippen molar-refractivity contribution in [3.8, 4) is 0 Å². The molecule has 0 N–H and O–H groups in total. The molecule has 120 valence electrons. The molecule has 1 aliphatic rings. The van der Waals surface area contributed by atoms with Crippen molar-refractivity contribution in [2.45, 2.75) is 83.6 Å². The van der Waals surface area contributed by atoms with Crippen molar-refractivity contribution >= 4 is 11.6 Å². The summed E-state index contributed by atoms with van der Waals surface area (Å²) in [7, 11) is 0. The average molecular weight is 311 g/mol. The Hall–Kier alpha value is -0.500. The summed E-state index contributed by atoms with van der Waals surface area (Å²) >= 11 is 6.59. The van der Waals surface area contributed by atoms with Gasteiger partial charge in [0.15, 0.2) is 0 Å². The van der Waals surface area contributed by atoms with Crippen LogP contribution in [0.2, 0.25) is 0 Å². The number of aromatic nitrogens is 2. The molecular weight excluding hydrogens is 280 g/mol. The molecule has 3 unspecified atom stereocenters. The van der Waals surface area contributed by atoms with Gasteiger partial charge in [0.25, 0.3) is 0 Å². The smallest absolute Gasteiger partial charge is 0.0628 e. The van der Waals surface area contributed by atoms with E-state index in [4.69, 9.17) is 16.7 Å². The lowest BCUT2D eigenvalue weighted by Crippen LogP contribution is -2.27. The molecule has 3 heteroatoms. The highest BCUT2D eigenvalue weighted by molar-refractivity contribution is 6.20. The van der Waals surface area contributed by atoms with Crippen LogP contribution in [0.15, 0.2) is 12.3 Å². The van der Waals surface area contributed by atoms with Gasteiger partial charge in [-0.3, -0.25) is 4.68 Å². The maximum atomic E-state index is 6.59. The zero-order valence-corrected chi connectivity index (χ0v) is 14.6. The first-order chi connectivity index (χ1) is 10.2. The summed E-state index contributed by atoms with van der Waals surface area (Å²) in [6.07, 6.45) is 12.0. The summed E-state index contributed by atoms with van der Waals surface area (Å²) in [5, 5.41) is 5.15. The van der Waals surface area contributed by atoms with Gasteiger partial charge < -0.3 is 0 Å². The Morgan fingerprint density at radius 1 is 1.29 bits per heavy atom. The van der Waals surface area contributed by atoms with E-state index in [1.54, 1.807) is 0 Å². The summed E-state index contributed by atoms with van der Waals surface area (Å²) in [6.45, 7) is 6.76. The van der Waals surface area contributed by atoms with Crippen LogP contribution in [0.3, 0.4) is 0 Å². The number of hydrogen-bond donors (Lipinski definition) is 0. The predicted molar refractivity (Wildman–Crippen MR) is 90.9 cm³/mol. The number of rotatable bonds is 7. The van der Waals surface area contributed by atoms with Crippen molar-refractivity contribution in [1.29, 1.82) is 0 Å². The number of alkyl halides is 1. The summed E-state index contributed by atoms with van der Waals surface area (Å²) in [6, 6.07) is 2.75. The third-order valence-electron chi connectivity index (χ3n) is 5.15. The monoisotopic (exact) mass is 310 g/mol. The lowest BCUT2D eigenvalue weighted by atomic mass is 9.77. The van der Waals surface area contributed by atoms with E-state index in [1.807, 2.05) is 0 Å². The van der Waals surface area contributed by atoms with Crippen LogP contribution in [0.1, 0.15) is 77.5 Å². The lowest BCUT2D eigenvalue weighted by Gasteiger charge is -2.32. The zero-order chi connectivity index (χ0) is 15.2. The fourth-order valence-corrected chi connectivity index (χ4v) is 4.14. The minimum atomic E-state index is 0.344. The molecular formula is C18H31ClN2. The minimum Gasteiger partial charge on any atom is -0.269 e. The number of hydrogen-bond acceptors (Lipinski definition) is 1. The van der Waals surface area contributed by atoms with Crippen LogP contribution in [-0.2, 0) is 6.42 Å². The molecule has 1 fully saturated rings. The maximum absolute atomic E-state index is 6.59. The fourth-order valence-electron chi connectivity index (χ4n) is 3.83. The van der Waals surface area contributed by atoms with Crippen molar-refractivity contribution in [1.82, 2.24) is 9.78 Å². The van der Waals surface area contributed by atoms with Crippen LogP contribution in [0.4, 0.5) is 0 Å². The molecule has 2 rings (SSSR count). The predicted octanol–water partition coefficient (Wildman–Crippen LogP) is 5.61. The van der Waals surface area contributed by atoms with E-state index in [-0.39, 0.29) is 0 Å². The molecule has 1 saturated carbocycles. The van der Waals surface area contributed by atoms with Gasteiger partial charge in [-0.1, -0.05) is 33.6 Å².